The van der Waals surface area contributed by atoms with Crippen LogP contribution in [-0.4, -0.2) is 32.2 Å². The van der Waals surface area contributed by atoms with E-state index in [4.69, 9.17) is 15.7 Å². The first kappa shape index (κ1) is 15.9. The number of nitrogens with zero attached hydrogens (tertiary/aromatic N) is 1. The number of nitrogens with one attached hydrogen (secondary N) is 1. The molecule has 5 nitrogen and oxygen atoms in total. The summed E-state index contributed by atoms with van der Waals surface area (Å²) >= 11 is 0. The van der Waals surface area contributed by atoms with Crippen molar-refractivity contribution in [1.82, 2.24) is 5.32 Å². The van der Waals surface area contributed by atoms with Crippen LogP contribution in [0.25, 0.3) is 0 Å². The van der Waals surface area contributed by atoms with Crippen LogP contribution >= 0.6 is 0 Å². The second kappa shape index (κ2) is 8.97. The Balaban J connectivity index is 3.20. The van der Waals surface area contributed by atoms with E-state index in [1.165, 1.54) is 0 Å². The van der Waals surface area contributed by atoms with Crippen molar-refractivity contribution in [2.24, 2.45) is 11.1 Å². The first-order chi connectivity index (χ1) is 7.98. The van der Waals surface area contributed by atoms with E-state index in [9.17, 15) is 4.79 Å². The van der Waals surface area contributed by atoms with E-state index in [2.05, 4.69) is 11.4 Å². The second-order valence-electron chi connectivity index (χ2n) is 4.72. The molecule has 0 unspecified atom stereocenters. The first-order valence-electron chi connectivity index (χ1n) is 5.96. The average molecular weight is 241 g/mol. The van der Waals surface area contributed by atoms with Crippen molar-refractivity contribution in [3.8, 4) is 6.07 Å². The lowest BCUT2D eigenvalue weighted by Crippen LogP contribution is -2.24. The van der Waals surface area contributed by atoms with Crippen molar-refractivity contribution in [2.45, 2.75) is 33.1 Å². The van der Waals surface area contributed by atoms with E-state index < -0.39 is 5.91 Å². The van der Waals surface area contributed by atoms with Gasteiger partial charge in [-0.25, -0.2) is 0 Å². The number of hydrogen-bond donors (Lipinski definition) is 2. The predicted octanol–water partition coefficient (Wildman–Crippen LogP) is 0.798. The third-order valence-electron chi connectivity index (χ3n) is 2.38. The second-order valence-corrected chi connectivity index (χ2v) is 4.72. The third-order valence-corrected chi connectivity index (χ3v) is 2.38. The van der Waals surface area contributed by atoms with Crippen LogP contribution in [0.4, 0.5) is 0 Å². The Morgan fingerprint density at radius 3 is 2.71 bits per heavy atom. The summed E-state index contributed by atoms with van der Waals surface area (Å²) < 4.78 is 4.99. The number of primary amides is 1. The van der Waals surface area contributed by atoms with Crippen molar-refractivity contribution in [1.29, 1.82) is 5.26 Å². The van der Waals surface area contributed by atoms with E-state index in [0.29, 0.717) is 6.61 Å². The van der Waals surface area contributed by atoms with Gasteiger partial charge in [-0.15, -0.1) is 0 Å². The maximum absolute atomic E-state index is 10.3. The van der Waals surface area contributed by atoms with Crippen LogP contribution < -0.4 is 11.1 Å². The highest BCUT2D eigenvalue weighted by Crippen LogP contribution is 2.21. The highest BCUT2D eigenvalue weighted by Gasteiger charge is 2.14. The molecule has 1 amide bonds. The lowest BCUT2D eigenvalue weighted by Gasteiger charge is -2.14. The Bertz CT molecular complexity index is 259. The van der Waals surface area contributed by atoms with Gasteiger partial charge in [-0.05, 0) is 33.2 Å². The number of carbonyl (C=O) groups is 1. The smallest absolute Gasteiger partial charge is 0.243 e. The molecular formula is C12H23N3O2. The molecule has 0 rings (SSSR count). The normalized spacial score (nSPS) is 11.1. The minimum absolute atomic E-state index is 0.0158. The summed E-state index contributed by atoms with van der Waals surface area (Å²) in [6, 6.07) is 2.29. The fourth-order valence-electron chi connectivity index (χ4n) is 1.31. The van der Waals surface area contributed by atoms with Crippen LogP contribution in [0.2, 0.25) is 0 Å². The van der Waals surface area contributed by atoms with E-state index in [0.717, 1.165) is 32.4 Å². The lowest BCUT2D eigenvalue weighted by molar-refractivity contribution is -0.122. The van der Waals surface area contributed by atoms with Gasteiger partial charge in [0.15, 0.2) is 0 Å². The van der Waals surface area contributed by atoms with Gasteiger partial charge in [0.05, 0.1) is 18.1 Å². The number of nitrogens with two attached hydrogens (primary N) is 1. The Morgan fingerprint density at radius 2 is 2.12 bits per heavy atom. The molecular weight excluding hydrogens is 218 g/mol. The lowest BCUT2D eigenvalue weighted by atomic mass is 9.89. The van der Waals surface area contributed by atoms with Crippen molar-refractivity contribution in [3.63, 3.8) is 0 Å². The van der Waals surface area contributed by atoms with Gasteiger partial charge in [0, 0.05) is 6.54 Å². The summed E-state index contributed by atoms with van der Waals surface area (Å²) in [5.74, 6) is -0.441. The largest absolute Gasteiger partial charge is 0.370 e. The Labute approximate surface area is 103 Å². The zero-order valence-corrected chi connectivity index (χ0v) is 10.8. The van der Waals surface area contributed by atoms with Crippen LogP contribution in [0.15, 0.2) is 0 Å². The molecule has 0 saturated heterocycles. The van der Waals surface area contributed by atoms with Gasteiger partial charge in [0.2, 0.25) is 5.91 Å². The topological polar surface area (TPSA) is 88.1 Å². The van der Waals surface area contributed by atoms with Crippen molar-refractivity contribution < 1.29 is 9.53 Å². The first-order valence-corrected chi connectivity index (χ1v) is 5.96. The van der Waals surface area contributed by atoms with E-state index in [-0.39, 0.29) is 12.0 Å². The molecule has 0 aliphatic rings. The van der Waals surface area contributed by atoms with Gasteiger partial charge < -0.3 is 15.8 Å². The molecule has 0 aromatic rings. The monoisotopic (exact) mass is 241 g/mol. The average Bonchev–Trinajstić information content (AvgIpc) is 2.26. The van der Waals surface area contributed by atoms with Gasteiger partial charge in [-0.1, -0.05) is 6.42 Å². The van der Waals surface area contributed by atoms with Crippen molar-refractivity contribution in [2.75, 3.05) is 26.3 Å². The minimum atomic E-state index is -0.441. The summed E-state index contributed by atoms with van der Waals surface area (Å²) in [5.41, 5.74) is 4.70. The molecule has 0 aliphatic carbocycles. The Morgan fingerprint density at radius 1 is 1.41 bits per heavy atom. The molecule has 0 aromatic carbocycles. The van der Waals surface area contributed by atoms with Gasteiger partial charge in [0.1, 0.15) is 6.61 Å². The van der Waals surface area contributed by atoms with Crippen LogP contribution in [0.5, 0.6) is 0 Å². The number of ether oxygens (including phenoxy) is 1. The van der Waals surface area contributed by atoms with E-state index in [1.807, 2.05) is 13.8 Å². The number of rotatable bonds is 10. The summed E-state index contributed by atoms with van der Waals surface area (Å²) in [4.78, 5) is 10.3. The number of unbranched alkanes of at least 4 members (excludes halogenated alkanes) is 1. The summed E-state index contributed by atoms with van der Waals surface area (Å²) in [5, 5.41) is 12.0. The molecule has 0 heterocycles. The maximum Gasteiger partial charge on any atom is 0.243 e. The van der Waals surface area contributed by atoms with E-state index >= 15 is 0 Å². The van der Waals surface area contributed by atoms with Gasteiger partial charge >= 0.3 is 0 Å². The molecule has 98 valence electrons. The molecule has 0 fully saturated rings. The molecule has 0 aromatic heterocycles. The number of nitriles is 1. The summed E-state index contributed by atoms with van der Waals surface area (Å²) in [6.07, 6.45) is 3.00. The van der Waals surface area contributed by atoms with Crippen LogP contribution in [0.1, 0.15) is 33.1 Å². The van der Waals surface area contributed by atoms with Gasteiger partial charge in [0.25, 0.3) is 0 Å². The third kappa shape index (κ3) is 11.1. The minimum Gasteiger partial charge on any atom is -0.370 e. The van der Waals surface area contributed by atoms with Crippen LogP contribution in [0, 0.1) is 16.7 Å². The summed E-state index contributed by atoms with van der Waals surface area (Å²) in [7, 11) is 0. The van der Waals surface area contributed by atoms with Crippen molar-refractivity contribution >= 4 is 5.91 Å². The maximum atomic E-state index is 10.3. The van der Waals surface area contributed by atoms with Gasteiger partial charge in [-0.2, -0.15) is 5.26 Å². The molecule has 0 saturated carbocycles. The predicted molar refractivity (Wildman–Crippen MR) is 66.1 cm³/mol. The van der Waals surface area contributed by atoms with Crippen LogP contribution in [-0.2, 0) is 9.53 Å². The molecule has 0 aliphatic heterocycles. The molecule has 0 spiro atoms. The molecule has 17 heavy (non-hydrogen) atoms. The summed E-state index contributed by atoms with van der Waals surface area (Å²) in [6.45, 7) is 6.01. The highest BCUT2D eigenvalue weighted by molar-refractivity contribution is 5.74. The standard InChI is InChI=1S/C12H23N3O2/c1-12(2,10-13)5-3-4-6-15-7-8-17-9-11(14)16/h15H,3-9H2,1-2H3,(H2,14,16). The number of carbonyl (C=O) groups excluding carboxylic acids is 1. The zero-order valence-electron chi connectivity index (χ0n) is 10.8. The Hall–Kier alpha value is -1.12. The fraction of sp³-hybridized carbons (Fsp3) is 0.833. The molecule has 5 heteroatoms. The molecule has 0 bridgehead atoms. The molecule has 0 atom stereocenters. The fourth-order valence-corrected chi connectivity index (χ4v) is 1.31. The highest BCUT2D eigenvalue weighted by atomic mass is 16.5. The SMILES string of the molecule is CC(C)(C#N)CCCCNCCOCC(N)=O. The van der Waals surface area contributed by atoms with E-state index in [1.54, 1.807) is 0 Å². The quantitative estimate of drug-likeness (QED) is 0.554. The molecule has 3 N–H and O–H groups in total. The number of hydrogen-bond acceptors (Lipinski definition) is 4. The zero-order chi connectivity index (χ0) is 13.1. The van der Waals surface area contributed by atoms with Crippen LogP contribution in [0.3, 0.4) is 0 Å². The van der Waals surface area contributed by atoms with Crippen molar-refractivity contribution in [3.05, 3.63) is 0 Å². The Kier molecular flexibility index (Phi) is 8.38. The number of amides is 1. The molecule has 0 radical (unpaired) electrons. The van der Waals surface area contributed by atoms with Gasteiger partial charge in [-0.3, -0.25) is 4.79 Å².